The monoisotopic (exact) mass is 258 g/mol. The van der Waals surface area contributed by atoms with Crippen molar-refractivity contribution in [1.29, 1.82) is 0 Å². The first-order valence-electron chi connectivity index (χ1n) is 5.13. The molecule has 0 aliphatic rings. The fraction of sp³-hybridized carbons (Fsp3) is 0.400. The van der Waals surface area contributed by atoms with Crippen LogP contribution < -0.4 is 10.6 Å². The van der Waals surface area contributed by atoms with E-state index in [1.807, 2.05) is 11.4 Å². The topological polar surface area (TPSA) is 55.0 Å². The number of aromatic nitrogens is 2. The van der Waals surface area contributed by atoms with Crippen molar-refractivity contribution in [3.63, 3.8) is 0 Å². The molecule has 0 saturated heterocycles. The highest BCUT2D eigenvalue weighted by Gasteiger charge is 2.16. The van der Waals surface area contributed by atoms with Gasteiger partial charge in [-0.1, -0.05) is 0 Å². The molecule has 0 amide bonds. The van der Waals surface area contributed by atoms with Crippen molar-refractivity contribution in [3.8, 4) is 0 Å². The summed E-state index contributed by atoms with van der Waals surface area (Å²) in [5, 5.41) is 1.87. The van der Waals surface area contributed by atoms with E-state index in [1.54, 1.807) is 0 Å². The first-order valence-corrected chi connectivity index (χ1v) is 6.01. The van der Waals surface area contributed by atoms with Gasteiger partial charge in [0.15, 0.2) is 0 Å². The Balaban J connectivity index is 2.36. The molecule has 0 unspecified atom stereocenters. The molecule has 0 aromatic carbocycles. The Morgan fingerprint density at radius 3 is 2.94 bits per heavy atom. The summed E-state index contributed by atoms with van der Waals surface area (Å²) < 4.78 is 25.8. The average Bonchev–Trinajstić information content (AvgIpc) is 2.75. The summed E-state index contributed by atoms with van der Waals surface area (Å²) in [6, 6.07) is 1.84. The van der Waals surface area contributed by atoms with E-state index >= 15 is 0 Å². The second kappa shape index (κ2) is 5.33. The summed E-state index contributed by atoms with van der Waals surface area (Å²) in [7, 11) is 0. The van der Waals surface area contributed by atoms with Crippen molar-refractivity contribution in [2.75, 3.05) is 24.5 Å². The van der Waals surface area contributed by atoms with Gasteiger partial charge in [-0.15, -0.1) is 11.3 Å². The highest BCUT2D eigenvalue weighted by Crippen LogP contribution is 2.27. The molecule has 92 valence electrons. The molecule has 2 N–H and O–H groups in total. The van der Waals surface area contributed by atoms with Crippen LogP contribution in [-0.4, -0.2) is 36.0 Å². The van der Waals surface area contributed by atoms with E-state index in [9.17, 15) is 8.78 Å². The molecule has 4 nitrogen and oxygen atoms in total. The minimum Gasteiger partial charge on any atom is -0.348 e. The standard InChI is InChI=1S/C10H12F2N4S/c11-8(12)5-16(3-2-13)10-9-7(1-4-17-9)14-6-15-10/h1,4,6,8H,2-3,5,13H2. The van der Waals surface area contributed by atoms with Crippen LogP contribution in [0.15, 0.2) is 17.8 Å². The number of anilines is 1. The number of thiophene rings is 1. The fourth-order valence-electron chi connectivity index (χ4n) is 1.61. The lowest BCUT2D eigenvalue weighted by molar-refractivity contribution is 0.155. The smallest absolute Gasteiger partial charge is 0.255 e. The number of halogens is 2. The Kier molecular flexibility index (Phi) is 3.80. The molecular weight excluding hydrogens is 246 g/mol. The predicted octanol–water partition coefficient (Wildman–Crippen LogP) is 1.72. The average molecular weight is 258 g/mol. The zero-order valence-electron chi connectivity index (χ0n) is 9.01. The molecule has 7 heteroatoms. The van der Waals surface area contributed by atoms with E-state index in [-0.39, 0.29) is 6.54 Å². The van der Waals surface area contributed by atoms with Gasteiger partial charge >= 0.3 is 0 Å². The van der Waals surface area contributed by atoms with E-state index in [0.29, 0.717) is 18.9 Å². The van der Waals surface area contributed by atoms with Crippen LogP contribution in [0, 0.1) is 0 Å². The van der Waals surface area contributed by atoms with E-state index in [1.165, 1.54) is 22.6 Å². The van der Waals surface area contributed by atoms with Crippen LogP contribution in [-0.2, 0) is 0 Å². The molecule has 0 spiro atoms. The van der Waals surface area contributed by atoms with E-state index in [4.69, 9.17) is 5.73 Å². The number of rotatable bonds is 5. The molecule has 17 heavy (non-hydrogen) atoms. The van der Waals surface area contributed by atoms with Crippen molar-refractivity contribution < 1.29 is 8.78 Å². The lowest BCUT2D eigenvalue weighted by Gasteiger charge is -2.22. The molecule has 0 fully saturated rings. The third kappa shape index (κ3) is 2.67. The summed E-state index contributed by atoms with van der Waals surface area (Å²) in [5.74, 6) is 0.538. The fourth-order valence-corrected chi connectivity index (χ4v) is 2.47. The van der Waals surface area contributed by atoms with E-state index < -0.39 is 6.43 Å². The maximum atomic E-state index is 12.5. The first-order chi connectivity index (χ1) is 8.22. The normalized spacial score (nSPS) is 11.3. The number of nitrogens with zero attached hydrogens (tertiary/aromatic N) is 3. The SMILES string of the molecule is NCCN(CC(F)F)c1ncnc2ccsc12. The second-order valence-corrected chi connectivity index (χ2v) is 4.37. The molecule has 0 saturated carbocycles. The summed E-state index contributed by atoms with van der Waals surface area (Å²) >= 11 is 1.44. The summed E-state index contributed by atoms with van der Waals surface area (Å²) in [6.07, 6.45) is -1.02. The van der Waals surface area contributed by atoms with E-state index in [0.717, 1.165) is 10.2 Å². The molecule has 0 atom stereocenters. The number of nitrogens with two attached hydrogens (primary N) is 1. The van der Waals surface area contributed by atoms with Crippen LogP contribution in [0.2, 0.25) is 0 Å². The number of alkyl halides is 2. The molecule has 2 heterocycles. The van der Waals surface area contributed by atoms with Crippen molar-refractivity contribution in [2.24, 2.45) is 5.73 Å². The molecule has 0 bridgehead atoms. The van der Waals surface area contributed by atoms with Crippen molar-refractivity contribution >= 4 is 27.4 Å². The highest BCUT2D eigenvalue weighted by atomic mass is 32.1. The Hall–Kier alpha value is -1.34. The van der Waals surface area contributed by atoms with Gasteiger partial charge < -0.3 is 10.6 Å². The van der Waals surface area contributed by atoms with Crippen LogP contribution in [0.5, 0.6) is 0 Å². The van der Waals surface area contributed by atoms with Gasteiger partial charge in [0.05, 0.1) is 16.8 Å². The molecule has 0 aliphatic heterocycles. The van der Waals surface area contributed by atoms with Gasteiger partial charge in [0.2, 0.25) is 0 Å². The molecule has 2 rings (SSSR count). The Bertz CT molecular complexity index is 488. The van der Waals surface area contributed by atoms with Crippen LogP contribution in [0.4, 0.5) is 14.6 Å². The van der Waals surface area contributed by atoms with E-state index in [2.05, 4.69) is 9.97 Å². The molecular formula is C10H12F2N4S. The zero-order chi connectivity index (χ0) is 12.3. The summed E-state index contributed by atoms with van der Waals surface area (Å²) in [6.45, 7) is 0.305. The quantitative estimate of drug-likeness (QED) is 0.887. The molecule has 2 aromatic heterocycles. The van der Waals surface area contributed by atoms with Crippen LogP contribution in [0.3, 0.4) is 0 Å². The highest BCUT2D eigenvalue weighted by molar-refractivity contribution is 7.17. The third-order valence-corrected chi connectivity index (χ3v) is 3.18. The van der Waals surface area contributed by atoms with Gasteiger partial charge in [-0.25, -0.2) is 18.7 Å². The summed E-state index contributed by atoms with van der Waals surface area (Å²) in [4.78, 5) is 9.67. The van der Waals surface area contributed by atoms with Crippen LogP contribution >= 0.6 is 11.3 Å². The molecule has 0 radical (unpaired) electrons. The van der Waals surface area contributed by atoms with Gasteiger partial charge in [-0.3, -0.25) is 0 Å². The lowest BCUT2D eigenvalue weighted by Crippen LogP contribution is -2.34. The van der Waals surface area contributed by atoms with Crippen molar-refractivity contribution in [1.82, 2.24) is 9.97 Å². The van der Waals surface area contributed by atoms with Gasteiger partial charge in [0.1, 0.15) is 12.1 Å². The third-order valence-electron chi connectivity index (χ3n) is 2.28. The number of fused-ring (bicyclic) bond motifs is 1. The van der Waals surface area contributed by atoms with Crippen molar-refractivity contribution in [2.45, 2.75) is 6.43 Å². The first kappa shape index (κ1) is 12.1. The predicted molar refractivity (Wildman–Crippen MR) is 64.7 cm³/mol. The van der Waals surface area contributed by atoms with Crippen LogP contribution in [0.1, 0.15) is 0 Å². The Labute approximate surface area is 101 Å². The Morgan fingerprint density at radius 1 is 1.41 bits per heavy atom. The minimum atomic E-state index is -2.41. The second-order valence-electron chi connectivity index (χ2n) is 3.46. The van der Waals surface area contributed by atoms with Gasteiger partial charge in [-0.2, -0.15) is 0 Å². The lowest BCUT2D eigenvalue weighted by atomic mass is 10.4. The van der Waals surface area contributed by atoms with Crippen LogP contribution in [0.25, 0.3) is 10.2 Å². The molecule has 0 aliphatic carbocycles. The van der Waals surface area contributed by atoms with Gasteiger partial charge in [-0.05, 0) is 11.4 Å². The zero-order valence-corrected chi connectivity index (χ0v) is 9.83. The number of hydrogen-bond donors (Lipinski definition) is 1. The minimum absolute atomic E-state index is 0.309. The summed E-state index contributed by atoms with van der Waals surface area (Å²) in [5.41, 5.74) is 6.21. The molecule has 2 aromatic rings. The van der Waals surface area contributed by atoms with Crippen molar-refractivity contribution in [3.05, 3.63) is 17.8 Å². The maximum Gasteiger partial charge on any atom is 0.255 e. The largest absolute Gasteiger partial charge is 0.348 e. The number of hydrogen-bond acceptors (Lipinski definition) is 5. The Morgan fingerprint density at radius 2 is 2.24 bits per heavy atom. The van der Waals surface area contributed by atoms with Gasteiger partial charge in [0, 0.05) is 13.1 Å². The maximum absolute atomic E-state index is 12.5. The van der Waals surface area contributed by atoms with Gasteiger partial charge in [0.25, 0.3) is 6.43 Å².